The second kappa shape index (κ2) is 8.65. The third-order valence-electron chi connectivity index (χ3n) is 7.88. The summed E-state index contributed by atoms with van der Waals surface area (Å²) in [6.07, 6.45) is 1.42. The van der Waals surface area contributed by atoms with Gasteiger partial charge in [0.25, 0.3) is 5.91 Å². The Balaban J connectivity index is 1.30. The second-order valence-corrected chi connectivity index (χ2v) is 12.3. The zero-order valence-electron chi connectivity index (χ0n) is 20.3. The zero-order valence-corrected chi connectivity index (χ0v) is 21.1. The standard InChI is InChI=1S/C27H30N4O4S/c1-29-22-8-4-3-7-21(22)27(33)31-13-10-20-19-6-2-5-9-23(19)30(25(20)26(29)31)14-11-24(32)28-16-18-12-15-36(34,35)17-18/h2-9,18,26H,10-17H2,1H3,(H,28,32). The SMILES string of the molecule is CN1c2ccccc2C(=O)N2CCc3c(n(CCC(=O)NCC4CCS(=O)(=O)C4)c4ccccc34)C21. The highest BCUT2D eigenvalue weighted by Gasteiger charge is 2.42. The van der Waals surface area contributed by atoms with Gasteiger partial charge in [-0.3, -0.25) is 9.59 Å². The van der Waals surface area contributed by atoms with E-state index in [1.54, 1.807) is 0 Å². The predicted octanol–water partition coefficient (Wildman–Crippen LogP) is 2.73. The molecule has 2 unspecified atom stereocenters. The molecular weight excluding hydrogens is 476 g/mol. The first kappa shape index (κ1) is 23.1. The predicted molar refractivity (Wildman–Crippen MR) is 139 cm³/mol. The minimum Gasteiger partial charge on any atom is -0.356 e. The van der Waals surface area contributed by atoms with Crippen molar-refractivity contribution in [3.63, 3.8) is 0 Å². The van der Waals surface area contributed by atoms with Gasteiger partial charge in [-0.25, -0.2) is 8.42 Å². The zero-order chi connectivity index (χ0) is 25.0. The van der Waals surface area contributed by atoms with Gasteiger partial charge >= 0.3 is 0 Å². The van der Waals surface area contributed by atoms with Crippen molar-refractivity contribution < 1.29 is 18.0 Å². The van der Waals surface area contributed by atoms with E-state index in [2.05, 4.69) is 26.9 Å². The number of anilines is 1. The van der Waals surface area contributed by atoms with E-state index in [4.69, 9.17) is 0 Å². The molecule has 0 radical (unpaired) electrons. The van der Waals surface area contributed by atoms with Gasteiger partial charge in [0.05, 0.1) is 28.5 Å². The van der Waals surface area contributed by atoms with Crippen LogP contribution in [0.15, 0.2) is 48.5 Å². The summed E-state index contributed by atoms with van der Waals surface area (Å²) in [5.41, 5.74) is 5.01. The number of hydrogen-bond donors (Lipinski definition) is 1. The topological polar surface area (TPSA) is 91.7 Å². The number of nitrogens with one attached hydrogen (secondary N) is 1. The Morgan fingerprint density at radius 1 is 1.11 bits per heavy atom. The Labute approximate surface area is 210 Å². The number of rotatable bonds is 5. The number of carbonyl (C=O) groups is 2. The van der Waals surface area contributed by atoms with Gasteiger partial charge in [0, 0.05) is 44.0 Å². The van der Waals surface area contributed by atoms with E-state index in [1.165, 1.54) is 10.9 Å². The lowest BCUT2D eigenvalue weighted by Crippen LogP contribution is -2.51. The van der Waals surface area contributed by atoms with Crippen molar-refractivity contribution in [1.82, 2.24) is 14.8 Å². The molecular formula is C27H30N4O4S. The Hall–Kier alpha value is -3.33. The number of fused-ring (bicyclic) bond motifs is 6. The maximum atomic E-state index is 13.4. The van der Waals surface area contributed by atoms with Crippen LogP contribution in [0.3, 0.4) is 0 Å². The molecule has 1 N–H and O–H groups in total. The normalized spacial score (nSPS) is 22.3. The fourth-order valence-electron chi connectivity index (χ4n) is 6.14. The van der Waals surface area contributed by atoms with E-state index in [1.807, 2.05) is 48.3 Å². The lowest BCUT2D eigenvalue weighted by molar-refractivity contribution is -0.121. The largest absolute Gasteiger partial charge is 0.356 e. The highest BCUT2D eigenvalue weighted by atomic mass is 32.2. The molecule has 1 saturated heterocycles. The third kappa shape index (κ3) is 3.77. The summed E-state index contributed by atoms with van der Waals surface area (Å²) in [6.45, 7) is 1.53. The second-order valence-electron chi connectivity index (χ2n) is 10.1. The summed E-state index contributed by atoms with van der Waals surface area (Å²) in [5, 5.41) is 4.12. The first-order valence-corrected chi connectivity index (χ1v) is 14.4. The lowest BCUT2D eigenvalue weighted by Gasteiger charge is -2.46. The first-order chi connectivity index (χ1) is 17.3. The monoisotopic (exact) mass is 506 g/mol. The molecule has 188 valence electrons. The number of carbonyl (C=O) groups excluding carboxylic acids is 2. The summed E-state index contributed by atoms with van der Waals surface area (Å²) in [6, 6.07) is 16.0. The van der Waals surface area contributed by atoms with Crippen molar-refractivity contribution in [2.45, 2.75) is 32.0 Å². The summed E-state index contributed by atoms with van der Waals surface area (Å²) in [7, 11) is -0.930. The molecule has 6 rings (SSSR count). The number of aryl methyl sites for hydroxylation is 1. The van der Waals surface area contributed by atoms with E-state index in [0.717, 1.165) is 28.9 Å². The Kier molecular flexibility index (Phi) is 5.55. The summed E-state index contributed by atoms with van der Waals surface area (Å²) in [4.78, 5) is 30.3. The molecule has 2 amide bonds. The summed E-state index contributed by atoms with van der Waals surface area (Å²) in [5.74, 6) is 0.317. The van der Waals surface area contributed by atoms with Crippen LogP contribution in [0, 0.1) is 5.92 Å². The van der Waals surface area contributed by atoms with Crippen LogP contribution < -0.4 is 10.2 Å². The van der Waals surface area contributed by atoms with E-state index in [0.29, 0.717) is 26.1 Å². The molecule has 0 spiro atoms. The molecule has 3 aliphatic heterocycles. The van der Waals surface area contributed by atoms with Gasteiger partial charge in [0.2, 0.25) is 5.91 Å². The van der Waals surface area contributed by atoms with Crippen LogP contribution in [-0.4, -0.2) is 61.3 Å². The van der Waals surface area contributed by atoms with Crippen molar-refractivity contribution in [2.24, 2.45) is 5.92 Å². The number of aromatic nitrogens is 1. The van der Waals surface area contributed by atoms with Crippen molar-refractivity contribution in [2.75, 3.05) is 36.5 Å². The Morgan fingerprint density at radius 2 is 1.89 bits per heavy atom. The van der Waals surface area contributed by atoms with Gasteiger partial charge in [-0.2, -0.15) is 0 Å². The smallest absolute Gasteiger partial charge is 0.257 e. The Bertz CT molecular complexity index is 1480. The van der Waals surface area contributed by atoms with E-state index < -0.39 is 9.84 Å². The minimum absolute atomic E-state index is 0.00496. The lowest BCUT2D eigenvalue weighted by atomic mass is 9.96. The fourth-order valence-corrected chi connectivity index (χ4v) is 8.00. The molecule has 2 atom stereocenters. The quantitative estimate of drug-likeness (QED) is 0.575. The van der Waals surface area contributed by atoms with E-state index in [-0.39, 0.29) is 41.8 Å². The van der Waals surface area contributed by atoms with Crippen LogP contribution in [0.1, 0.15) is 40.6 Å². The van der Waals surface area contributed by atoms with Crippen molar-refractivity contribution in [1.29, 1.82) is 0 Å². The third-order valence-corrected chi connectivity index (χ3v) is 9.72. The van der Waals surface area contributed by atoms with E-state index in [9.17, 15) is 18.0 Å². The molecule has 2 aromatic carbocycles. The molecule has 0 bridgehead atoms. The van der Waals surface area contributed by atoms with Gasteiger partial charge in [-0.1, -0.05) is 30.3 Å². The molecule has 0 saturated carbocycles. The van der Waals surface area contributed by atoms with Crippen LogP contribution in [-0.2, 0) is 27.6 Å². The molecule has 9 heteroatoms. The maximum absolute atomic E-state index is 13.4. The minimum atomic E-state index is -2.96. The number of amides is 2. The first-order valence-electron chi connectivity index (χ1n) is 12.5. The summed E-state index contributed by atoms with van der Waals surface area (Å²) < 4.78 is 25.7. The van der Waals surface area contributed by atoms with Crippen LogP contribution in [0.2, 0.25) is 0 Å². The number of benzene rings is 2. The number of nitrogens with zero attached hydrogens (tertiary/aromatic N) is 3. The molecule has 3 aromatic rings. The number of hydrogen-bond acceptors (Lipinski definition) is 5. The maximum Gasteiger partial charge on any atom is 0.257 e. The van der Waals surface area contributed by atoms with E-state index >= 15 is 0 Å². The van der Waals surface area contributed by atoms with Gasteiger partial charge in [0.1, 0.15) is 6.17 Å². The molecule has 36 heavy (non-hydrogen) atoms. The van der Waals surface area contributed by atoms with Crippen LogP contribution in [0.4, 0.5) is 5.69 Å². The van der Waals surface area contributed by atoms with Crippen molar-refractivity contribution in [3.05, 3.63) is 65.4 Å². The molecule has 8 nitrogen and oxygen atoms in total. The molecule has 0 aliphatic carbocycles. The van der Waals surface area contributed by atoms with Crippen molar-refractivity contribution in [3.8, 4) is 0 Å². The highest BCUT2D eigenvalue weighted by molar-refractivity contribution is 7.91. The Morgan fingerprint density at radius 3 is 2.69 bits per heavy atom. The average Bonchev–Trinajstić information content (AvgIpc) is 3.40. The highest BCUT2D eigenvalue weighted by Crippen LogP contribution is 2.44. The molecule has 4 heterocycles. The average molecular weight is 507 g/mol. The van der Waals surface area contributed by atoms with Crippen LogP contribution in [0.5, 0.6) is 0 Å². The summed E-state index contributed by atoms with van der Waals surface area (Å²) >= 11 is 0. The van der Waals surface area contributed by atoms with Gasteiger partial charge in [0.15, 0.2) is 9.84 Å². The number of sulfone groups is 1. The molecule has 1 fully saturated rings. The van der Waals surface area contributed by atoms with Gasteiger partial charge in [-0.05, 0) is 42.5 Å². The molecule has 1 aromatic heterocycles. The van der Waals surface area contributed by atoms with Crippen molar-refractivity contribution >= 4 is 38.2 Å². The van der Waals surface area contributed by atoms with Crippen LogP contribution >= 0.6 is 0 Å². The fraction of sp³-hybridized carbons (Fsp3) is 0.407. The number of para-hydroxylation sites is 2. The van der Waals surface area contributed by atoms with Crippen LogP contribution in [0.25, 0.3) is 10.9 Å². The molecule has 3 aliphatic rings. The van der Waals surface area contributed by atoms with Gasteiger partial charge in [-0.15, -0.1) is 0 Å². The van der Waals surface area contributed by atoms with Gasteiger partial charge < -0.3 is 19.7 Å².